The second-order valence-corrected chi connectivity index (χ2v) is 4.57. The molecule has 1 N–H and O–H groups in total. The number of carbonyl (C=O) groups is 1. The predicted octanol–water partition coefficient (Wildman–Crippen LogP) is 2.96. The SMILES string of the molecule is CCCSCC(=O)c1cc(C)[nH]c1C. The molecule has 0 atom stereocenters. The molecule has 0 bridgehead atoms. The van der Waals surface area contributed by atoms with Crippen LogP contribution in [-0.4, -0.2) is 22.3 Å². The number of carbonyl (C=O) groups excluding carboxylic acids is 1. The number of thioether (sulfide) groups is 1. The van der Waals surface area contributed by atoms with Crippen LogP contribution in [0.25, 0.3) is 0 Å². The van der Waals surface area contributed by atoms with Crippen molar-refractivity contribution in [2.24, 2.45) is 0 Å². The zero-order chi connectivity index (χ0) is 10.6. The number of aryl methyl sites for hydroxylation is 2. The van der Waals surface area contributed by atoms with Crippen molar-refractivity contribution in [1.29, 1.82) is 0 Å². The molecular weight excluding hydrogens is 194 g/mol. The van der Waals surface area contributed by atoms with E-state index in [0.29, 0.717) is 5.75 Å². The van der Waals surface area contributed by atoms with E-state index in [1.165, 1.54) is 0 Å². The summed E-state index contributed by atoms with van der Waals surface area (Å²) in [6.07, 6.45) is 1.13. The van der Waals surface area contributed by atoms with E-state index >= 15 is 0 Å². The Kier molecular flexibility index (Phi) is 4.26. The lowest BCUT2D eigenvalue weighted by molar-refractivity contribution is 0.102. The van der Waals surface area contributed by atoms with Crippen LogP contribution >= 0.6 is 11.8 Å². The fourth-order valence-electron chi connectivity index (χ4n) is 1.40. The molecule has 0 aliphatic heterocycles. The molecule has 0 saturated heterocycles. The Morgan fingerprint density at radius 1 is 1.50 bits per heavy atom. The molecule has 1 heterocycles. The van der Waals surface area contributed by atoms with Crippen molar-refractivity contribution in [3.05, 3.63) is 23.0 Å². The summed E-state index contributed by atoms with van der Waals surface area (Å²) in [6, 6.07) is 1.93. The van der Waals surface area contributed by atoms with E-state index in [1.54, 1.807) is 11.8 Å². The molecule has 0 spiro atoms. The minimum atomic E-state index is 0.241. The Bertz CT molecular complexity index is 317. The van der Waals surface area contributed by atoms with Gasteiger partial charge in [0.15, 0.2) is 5.78 Å². The van der Waals surface area contributed by atoms with E-state index in [9.17, 15) is 4.79 Å². The van der Waals surface area contributed by atoms with Crippen molar-refractivity contribution in [2.45, 2.75) is 27.2 Å². The number of rotatable bonds is 5. The number of aromatic nitrogens is 1. The summed E-state index contributed by atoms with van der Waals surface area (Å²) in [5.41, 5.74) is 2.90. The Morgan fingerprint density at radius 3 is 2.71 bits per heavy atom. The van der Waals surface area contributed by atoms with E-state index in [2.05, 4.69) is 11.9 Å². The summed E-state index contributed by atoms with van der Waals surface area (Å²) < 4.78 is 0. The highest BCUT2D eigenvalue weighted by Gasteiger charge is 2.10. The van der Waals surface area contributed by atoms with Gasteiger partial charge in [0.05, 0.1) is 5.75 Å². The first-order chi connectivity index (χ1) is 6.65. The number of H-pyrrole nitrogens is 1. The minimum Gasteiger partial charge on any atom is -0.362 e. The molecule has 0 radical (unpaired) electrons. The zero-order valence-corrected chi connectivity index (χ0v) is 9.83. The second-order valence-electron chi connectivity index (χ2n) is 3.47. The molecule has 14 heavy (non-hydrogen) atoms. The van der Waals surface area contributed by atoms with Crippen molar-refractivity contribution < 1.29 is 4.79 Å². The lowest BCUT2D eigenvalue weighted by Gasteiger charge is -1.98. The van der Waals surface area contributed by atoms with Gasteiger partial charge in [0, 0.05) is 17.0 Å². The van der Waals surface area contributed by atoms with Gasteiger partial charge in [-0.2, -0.15) is 11.8 Å². The number of nitrogens with one attached hydrogen (secondary N) is 1. The van der Waals surface area contributed by atoms with Gasteiger partial charge in [-0.05, 0) is 32.1 Å². The average Bonchev–Trinajstić information content (AvgIpc) is 2.45. The lowest BCUT2D eigenvalue weighted by atomic mass is 10.2. The highest BCUT2D eigenvalue weighted by Crippen LogP contribution is 2.13. The van der Waals surface area contributed by atoms with Gasteiger partial charge in [-0.3, -0.25) is 4.79 Å². The van der Waals surface area contributed by atoms with Crippen LogP contribution in [0.5, 0.6) is 0 Å². The molecule has 0 fully saturated rings. The van der Waals surface area contributed by atoms with E-state index in [4.69, 9.17) is 0 Å². The number of hydrogen-bond acceptors (Lipinski definition) is 2. The monoisotopic (exact) mass is 211 g/mol. The Hall–Kier alpha value is -0.700. The summed E-state index contributed by atoms with van der Waals surface area (Å²) in [7, 11) is 0. The van der Waals surface area contributed by atoms with E-state index < -0.39 is 0 Å². The van der Waals surface area contributed by atoms with Crippen LogP contribution in [0.2, 0.25) is 0 Å². The molecular formula is C11H17NOS. The zero-order valence-electron chi connectivity index (χ0n) is 9.02. The Balaban J connectivity index is 2.56. The van der Waals surface area contributed by atoms with Crippen molar-refractivity contribution in [2.75, 3.05) is 11.5 Å². The summed E-state index contributed by atoms with van der Waals surface area (Å²) in [4.78, 5) is 14.9. The predicted molar refractivity (Wildman–Crippen MR) is 62.2 cm³/mol. The van der Waals surface area contributed by atoms with Gasteiger partial charge in [-0.1, -0.05) is 6.92 Å². The number of hydrogen-bond donors (Lipinski definition) is 1. The smallest absolute Gasteiger partial charge is 0.174 e. The van der Waals surface area contributed by atoms with E-state index in [-0.39, 0.29) is 5.78 Å². The maximum absolute atomic E-state index is 11.7. The normalized spacial score (nSPS) is 10.5. The lowest BCUT2D eigenvalue weighted by Crippen LogP contribution is -2.03. The van der Waals surface area contributed by atoms with Gasteiger partial charge in [-0.25, -0.2) is 0 Å². The number of Topliss-reactive ketones (excluding diaryl/α,β-unsaturated/α-hetero) is 1. The Labute approximate surface area is 89.5 Å². The van der Waals surface area contributed by atoms with Crippen molar-refractivity contribution in [1.82, 2.24) is 4.98 Å². The third kappa shape index (κ3) is 2.91. The molecule has 1 aromatic heterocycles. The standard InChI is InChI=1S/C11H17NOS/c1-4-5-14-7-11(13)10-6-8(2)12-9(10)3/h6,12H,4-5,7H2,1-3H3. The first-order valence-corrected chi connectivity index (χ1v) is 6.07. The van der Waals surface area contributed by atoms with Crippen LogP contribution in [0.3, 0.4) is 0 Å². The van der Waals surface area contributed by atoms with Crippen LogP contribution in [-0.2, 0) is 0 Å². The number of aromatic amines is 1. The van der Waals surface area contributed by atoms with Gasteiger partial charge >= 0.3 is 0 Å². The van der Waals surface area contributed by atoms with Crippen molar-refractivity contribution in [3.63, 3.8) is 0 Å². The molecule has 0 aliphatic carbocycles. The first kappa shape index (κ1) is 11.4. The molecule has 78 valence electrons. The van der Waals surface area contributed by atoms with Crippen LogP contribution in [0.1, 0.15) is 35.1 Å². The van der Waals surface area contributed by atoms with Crippen molar-refractivity contribution >= 4 is 17.5 Å². The number of ketones is 1. The fourth-order valence-corrected chi connectivity index (χ4v) is 2.17. The molecule has 0 aromatic carbocycles. The molecule has 0 saturated carbocycles. The second kappa shape index (κ2) is 5.25. The topological polar surface area (TPSA) is 32.9 Å². The quantitative estimate of drug-likeness (QED) is 0.600. The van der Waals surface area contributed by atoms with E-state index in [1.807, 2.05) is 19.9 Å². The summed E-state index contributed by atoms with van der Waals surface area (Å²) >= 11 is 1.71. The maximum atomic E-state index is 11.7. The van der Waals surface area contributed by atoms with Gasteiger partial charge in [-0.15, -0.1) is 0 Å². The average molecular weight is 211 g/mol. The molecule has 0 amide bonds. The van der Waals surface area contributed by atoms with Crippen LogP contribution in [0.15, 0.2) is 6.07 Å². The first-order valence-electron chi connectivity index (χ1n) is 4.92. The third-order valence-corrected chi connectivity index (χ3v) is 3.19. The molecule has 0 aliphatic rings. The summed E-state index contributed by atoms with van der Waals surface area (Å²) in [5, 5.41) is 0. The van der Waals surface area contributed by atoms with Gasteiger partial charge in [0.25, 0.3) is 0 Å². The fraction of sp³-hybridized carbons (Fsp3) is 0.545. The van der Waals surface area contributed by atoms with Crippen molar-refractivity contribution in [3.8, 4) is 0 Å². The highest BCUT2D eigenvalue weighted by molar-refractivity contribution is 7.99. The van der Waals surface area contributed by atoms with Crippen LogP contribution < -0.4 is 0 Å². The van der Waals surface area contributed by atoms with Crippen LogP contribution in [0, 0.1) is 13.8 Å². The van der Waals surface area contributed by atoms with Gasteiger partial charge in [0.2, 0.25) is 0 Å². The minimum absolute atomic E-state index is 0.241. The van der Waals surface area contributed by atoms with Crippen LogP contribution in [0.4, 0.5) is 0 Å². The highest BCUT2D eigenvalue weighted by atomic mass is 32.2. The molecule has 0 unspecified atom stereocenters. The maximum Gasteiger partial charge on any atom is 0.174 e. The molecule has 1 aromatic rings. The summed E-state index contributed by atoms with van der Waals surface area (Å²) in [6.45, 7) is 6.05. The van der Waals surface area contributed by atoms with Gasteiger partial charge < -0.3 is 4.98 Å². The van der Waals surface area contributed by atoms with Gasteiger partial charge in [0.1, 0.15) is 0 Å². The van der Waals surface area contributed by atoms with E-state index in [0.717, 1.165) is 29.1 Å². The largest absolute Gasteiger partial charge is 0.362 e. The molecule has 2 nitrogen and oxygen atoms in total. The molecule has 1 rings (SSSR count). The third-order valence-electron chi connectivity index (χ3n) is 2.03. The molecule has 3 heteroatoms. The summed E-state index contributed by atoms with van der Waals surface area (Å²) in [5.74, 6) is 1.91. The Morgan fingerprint density at radius 2 is 2.21 bits per heavy atom.